The van der Waals surface area contributed by atoms with Gasteiger partial charge in [0, 0.05) is 0 Å². The molecule has 1 aromatic rings. The molecule has 1 fully saturated rings. The van der Waals surface area contributed by atoms with Crippen LogP contribution in [0, 0.1) is 0 Å². The van der Waals surface area contributed by atoms with Gasteiger partial charge < -0.3 is 9.84 Å². The lowest BCUT2D eigenvalue weighted by atomic mass is 10.2. The molecule has 2 rings (SSSR count). The van der Waals surface area contributed by atoms with Crippen molar-refractivity contribution >= 4 is 15.8 Å². The van der Waals surface area contributed by atoms with Gasteiger partial charge in [-0.3, -0.25) is 0 Å². The lowest BCUT2D eigenvalue weighted by Gasteiger charge is -2.12. The van der Waals surface area contributed by atoms with Gasteiger partial charge in [0.25, 0.3) is 0 Å². The molecule has 0 aromatic heterocycles. The van der Waals surface area contributed by atoms with Crippen molar-refractivity contribution in [3.63, 3.8) is 0 Å². The van der Waals surface area contributed by atoms with E-state index in [1.165, 1.54) is 24.3 Å². The largest absolute Gasteiger partial charge is 0.478 e. The number of carboxylic acid groups (broad SMARTS) is 1. The van der Waals surface area contributed by atoms with Gasteiger partial charge in [-0.2, -0.15) is 0 Å². The van der Waals surface area contributed by atoms with Gasteiger partial charge in [-0.05, 0) is 38.0 Å². The number of rotatable bonds is 4. The van der Waals surface area contributed by atoms with E-state index in [0.29, 0.717) is 0 Å². The van der Waals surface area contributed by atoms with E-state index in [1.807, 2.05) is 6.92 Å². The van der Waals surface area contributed by atoms with Crippen LogP contribution >= 0.6 is 0 Å². The fourth-order valence-electron chi connectivity index (χ4n) is 2.17. The van der Waals surface area contributed by atoms with Gasteiger partial charge in [-0.1, -0.05) is 6.07 Å². The Morgan fingerprint density at radius 3 is 2.74 bits per heavy atom. The summed E-state index contributed by atoms with van der Waals surface area (Å²) in [4.78, 5) is 10.9. The summed E-state index contributed by atoms with van der Waals surface area (Å²) in [6.07, 6.45) is 1.37. The number of aromatic carboxylic acids is 1. The molecule has 1 aliphatic heterocycles. The van der Waals surface area contributed by atoms with Crippen LogP contribution in [0.4, 0.5) is 0 Å². The molecular weight excluding hydrogens is 268 g/mol. The molecule has 0 spiro atoms. The number of ether oxygens (including phenoxy) is 1. The predicted octanol–water partition coefficient (Wildman–Crippen LogP) is 1.73. The highest BCUT2D eigenvalue weighted by atomic mass is 32.2. The first kappa shape index (κ1) is 14.0. The molecule has 0 amide bonds. The number of hydrogen-bond donors (Lipinski definition) is 1. The van der Waals surface area contributed by atoms with E-state index in [9.17, 15) is 13.2 Å². The molecule has 0 aliphatic carbocycles. The molecule has 104 valence electrons. The average Bonchev–Trinajstić information content (AvgIpc) is 2.74. The Bertz CT molecular complexity index is 578. The quantitative estimate of drug-likeness (QED) is 0.910. The molecule has 2 unspecified atom stereocenters. The van der Waals surface area contributed by atoms with Crippen molar-refractivity contribution in [2.24, 2.45) is 0 Å². The lowest BCUT2D eigenvalue weighted by molar-refractivity contribution is 0.0688. The molecule has 2 atom stereocenters. The molecule has 1 saturated heterocycles. The topological polar surface area (TPSA) is 80.7 Å². The number of benzene rings is 1. The van der Waals surface area contributed by atoms with E-state index in [-0.39, 0.29) is 28.4 Å². The number of carbonyl (C=O) groups is 1. The molecule has 1 heterocycles. The van der Waals surface area contributed by atoms with Gasteiger partial charge in [-0.25, -0.2) is 13.2 Å². The van der Waals surface area contributed by atoms with Crippen LogP contribution in [0.15, 0.2) is 29.2 Å². The van der Waals surface area contributed by atoms with Gasteiger partial charge in [0.2, 0.25) is 0 Å². The Kier molecular flexibility index (Phi) is 3.91. The van der Waals surface area contributed by atoms with Crippen molar-refractivity contribution in [2.75, 3.05) is 5.75 Å². The number of hydrogen-bond acceptors (Lipinski definition) is 4. The van der Waals surface area contributed by atoms with E-state index in [4.69, 9.17) is 9.84 Å². The normalized spacial score (nSPS) is 23.4. The maximum Gasteiger partial charge on any atom is 0.335 e. The third-order valence-electron chi connectivity index (χ3n) is 3.17. The summed E-state index contributed by atoms with van der Waals surface area (Å²) in [6, 6.07) is 5.42. The first-order valence-corrected chi connectivity index (χ1v) is 7.75. The molecule has 6 heteroatoms. The zero-order valence-corrected chi connectivity index (χ0v) is 11.4. The fourth-order valence-corrected chi connectivity index (χ4v) is 3.69. The smallest absolute Gasteiger partial charge is 0.335 e. The Labute approximate surface area is 112 Å². The van der Waals surface area contributed by atoms with Gasteiger partial charge in [-0.15, -0.1) is 0 Å². The van der Waals surface area contributed by atoms with E-state index in [0.717, 1.165) is 12.8 Å². The predicted molar refractivity (Wildman–Crippen MR) is 69.0 cm³/mol. The third kappa shape index (κ3) is 3.33. The van der Waals surface area contributed by atoms with E-state index < -0.39 is 15.8 Å². The monoisotopic (exact) mass is 284 g/mol. The van der Waals surface area contributed by atoms with Crippen molar-refractivity contribution in [3.05, 3.63) is 29.8 Å². The highest BCUT2D eigenvalue weighted by Gasteiger charge is 2.28. The Balaban J connectivity index is 2.19. The van der Waals surface area contributed by atoms with Gasteiger partial charge in [0.05, 0.1) is 28.4 Å². The van der Waals surface area contributed by atoms with Crippen LogP contribution in [0.1, 0.15) is 30.1 Å². The van der Waals surface area contributed by atoms with Crippen LogP contribution in [0.3, 0.4) is 0 Å². The zero-order chi connectivity index (χ0) is 14.0. The molecule has 1 aromatic carbocycles. The molecule has 5 nitrogen and oxygen atoms in total. The van der Waals surface area contributed by atoms with Crippen molar-refractivity contribution in [3.8, 4) is 0 Å². The third-order valence-corrected chi connectivity index (χ3v) is 4.95. The van der Waals surface area contributed by atoms with Crippen LogP contribution in [-0.2, 0) is 14.6 Å². The van der Waals surface area contributed by atoms with Gasteiger partial charge >= 0.3 is 5.97 Å². The Morgan fingerprint density at radius 1 is 1.42 bits per heavy atom. The first-order chi connectivity index (χ1) is 8.88. The second-order valence-electron chi connectivity index (χ2n) is 4.76. The lowest BCUT2D eigenvalue weighted by Crippen LogP contribution is -2.21. The van der Waals surface area contributed by atoms with Crippen LogP contribution < -0.4 is 0 Å². The van der Waals surface area contributed by atoms with Crippen LogP contribution in [0.5, 0.6) is 0 Å². The average molecular weight is 284 g/mol. The highest BCUT2D eigenvalue weighted by Crippen LogP contribution is 2.23. The van der Waals surface area contributed by atoms with Crippen LogP contribution in [0.2, 0.25) is 0 Å². The SMILES string of the molecule is CC1CCC(CS(=O)(=O)c2cccc(C(=O)O)c2)O1. The number of carboxylic acids is 1. The summed E-state index contributed by atoms with van der Waals surface area (Å²) in [5.41, 5.74) is -0.0261. The molecular formula is C13H16O5S. The summed E-state index contributed by atoms with van der Waals surface area (Å²) >= 11 is 0. The maximum absolute atomic E-state index is 12.2. The molecule has 19 heavy (non-hydrogen) atoms. The summed E-state index contributed by atoms with van der Waals surface area (Å²) < 4.78 is 29.9. The second-order valence-corrected chi connectivity index (χ2v) is 6.79. The molecule has 0 bridgehead atoms. The summed E-state index contributed by atoms with van der Waals surface area (Å²) in [6.45, 7) is 1.91. The molecule has 0 radical (unpaired) electrons. The summed E-state index contributed by atoms with van der Waals surface area (Å²) in [5, 5.41) is 8.87. The molecule has 1 N–H and O–H groups in total. The fraction of sp³-hybridized carbons (Fsp3) is 0.462. The van der Waals surface area contributed by atoms with Gasteiger partial charge in [0.15, 0.2) is 9.84 Å². The van der Waals surface area contributed by atoms with E-state index in [2.05, 4.69) is 0 Å². The van der Waals surface area contributed by atoms with E-state index >= 15 is 0 Å². The number of sulfone groups is 1. The van der Waals surface area contributed by atoms with Crippen molar-refractivity contribution < 1.29 is 23.1 Å². The maximum atomic E-state index is 12.2. The summed E-state index contributed by atoms with van der Waals surface area (Å²) in [7, 11) is -3.51. The van der Waals surface area contributed by atoms with Gasteiger partial charge in [0.1, 0.15) is 0 Å². The highest BCUT2D eigenvalue weighted by molar-refractivity contribution is 7.91. The van der Waals surface area contributed by atoms with Crippen molar-refractivity contribution in [1.82, 2.24) is 0 Å². The first-order valence-electron chi connectivity index (χ1n) is 6.10. The van der Waals surface area contributed by atoms with E-state index in [1.54, 1.807) is 0 Å². The Hall–Kier alpha value is -1.40. The van der Waals surface area contributed by atoms with Crippen molar-refractivity contribution in [1.29, 1.82) is 0 Å². The molecule has 1 aliphatic rings. The second kappa shape index (κ2) is 5.30. The molecule has 0 saturated carbocycles. The minimum absolute atomic E-state index is 0.0261. The van der Waals surface area contributed by atoms with Crippen molar-refractivity contribution in [2.45, 2.75) is 36.9 Å². The van der Waals surface area contributed by atoms with Crippen LogP contribution in [-0.4, -0.2) is 37.5 Å². The Morgan fingerprint density at radius 2 is 2.16 bits per heavy atom. The summed E-state index contributed by atoms with van der Waals surface area (Å²) in [5.74, 6) is -1.23. The van der Waals surface area contributed by atoms with Crippen LogP contribution in [0.25, 0.3) is 0 Å². The zero-order valence-electron chi connectivity index (χ0n) is 10.6. The minimum atomic E-state index is -3.51. The standard InChI is InChI=1S/C13H16O5S/c1-9-5-6-11(18-9)8-19(16,17)12-4-2-3-10(7-12)13(14)15/h2-4,7,9,11H,5-6,8H2,1H3,(H,14,15). The minimum Gasteiger partial charge on any atom is -0.478 e.